The predicted molar refractivity (Wildman–Crippen MR) is 119 cm³/mol. The summed E-state index contributed by atoms with van der Waals surface area (Å²) >= 11 is 1.32. The maximum absolute atomic E-state index is 13.2. The summed E-state index contributed by atoms with van der Waals surface area (Å²) in [7, 11) is 1.63. The van der Waals surface area contributed by atoms with Crippen LogP contribution in [0.5, 0.6) is 5.75 Å². The van der Waals surface area contributed by atoms with E-state index in [4.69, 9.17) is 4.74 Å². The smallest absolute Gasteiger partial charge is 0.266 e. The monoisotopic (exact) mass is 421 g/mol. The topological polar surface area (TPSA) is 46.8 Å². The molecule has 0 N–H and O–H groups in total. The van der Waals surface area contributed by atoms with Crippen LogP contribution in [0.4, 0.5) is 10.1 Å². The summed E-state index contributed by atoms with van der Waals surface area (Å²) in [5.74, 6) is 0.375. The van der Waals surface area contributed by atoms with Crippen LogP contribution in [-0.4, -0.2) is 34.2 Å². The number of rotatable bonds is 5. The van der Waals surface area contributed by atoms with Gasteiger partial charge in [0.2, 0.25) is 0 Å². The van der Waals surface area contributed by atoms with E-state index in [0.29, 0.717) is 22.3 Å². The molecule has 0 bridgehead atoms. The maximum Gasteiger partial charge on any atom is 0.266 e. The number of hydrogen-bond acceptors (Lipinski definition) is 4. The molecule has 1 saturated heterocycles. The number of thioether (sulfide) groups is 1. The number of hydrogen-bond donors (Lipinski definition) is 0. The third-order valence-electron chi connectivity index (χ3n) is 4.67. The Bertz CT molecular complexity index is 1120. The number of likely N-dealkylation sites (N-methyl/N-ethyl adjacent to an activating group) is 1. The average molecular weight is 421 g/mol. The highest BCUT2D eigenvalue weighted by Crippen LogP contribution is 2.34. The Kier molecular flexibility index (Phi) is 5.72. The second-order valence-corrected chi connectivity index (χ2v) is 7.54. The second-order valence-electron chi connectivity index (χ2n) is 6.53. The Balaban J connectivity index is 1.65. The molecule has 0 saturated carbocycles. The van der Waals surface area contributed by atoms with Gasteiger partial charge in [0.1, 0.15) is 11.6 Å². The number of ether oxygens (including phenoxy) is 1. The van der Waals surface area contributed by atoms with E-state index in [1.807, 2.05) is 60.2 Å². The minimum atomic E-state index is -0.318. The first-order valence-corrected chi connectivity index (χ1v) is 10.3. The number of carbonyl (C=O) groups excluding carboxylic acids is 1. The van der Waals surface area contributed by atoms with E-state index in [1.54, 1.807) is 24.1 Å². The van der Waals surface area contributed by atoms with Gasteiger partial charge in [-0.15, -0.1) is 0 Å². The molecule has 5 nitrogen and oxygen atoms in total. The van der Waals surface area contributed by atoms with Gasteiger partial charge >= 0.3 is 0 Å². The standard InChI is InChI=1S/C23H20FN3O2S/c1-3-26-22(28)21(30-23(26)25-17-8-6-16(24)7-9-17)15-19-5-4-14-27(19)18-10-12-20(29-2)13-11-18/h4-15H,3H2,1-2H3/b21-15-,25-23?. The summed E-state index contributed by atoms with van der Waals surface area (Å²) < 4.78 is 20.4. The summed E-state index contributed by atoms with van der Waals surface area (Å²) in [6.45, 7) is 2.41. The van der Waals surface area contributed by atoms with Crippen LogP contribution in [0, 0.1) is 5.82 Å². The van der Waals surface area contributed by atoms with Gasteiger partial charge in [-0.05, 0) is 85.4 Å². The highest BCUT2D eigenvalue weighted by atomic mass is 32.2. The van der Waals surface area contributed by atoms with Gasteiger partial charge in [0.25, 0.3) is 5.91 Å². The summed E-state index contributed by atoms with van der Waals surface area (Å²) in [5, 5.41) is 0.586. The molecule has 1 fully saturated rings. The Morgan fingerprint density at radius 3 is 2.50 bits per heavy atom. The molecule has 0 spiro atoms. The molecule has 7 heteroatoms. The fourth-order valence-electron chi connectivity index (χ4n) is 3.12. The third kappa shape index (κ3) is 4.02. The van der Waals surface area contributed by atoms with Crippen molar-refractivity contribution >= 4 is 34.6 Å². The zero-order valence-corrected chi connectivity index (χ0v) is 17.4. The fraction of sp³-hybridized carbons (Fsp3) is 0.130. The normalized spacial score (nSPS) is 16.6. The van der Waals surface area contributed by atoms with Gasteiger partial charge in [-0.2, -0.15) is 0 Å². The van der Waals surface area contributed by atoms with Gasteiger partial charge in [-0.1, -0.05) is 0 Å². The van der Waals surface area contributed by atoms with Crippen molar-refractivity contribution in [1.29, 1.82) is 0 Å². The zero-order valence-electron chi connectivity index (χ0n) is 16.6. The van der Waals surface area contributed by atoms with Crippen LogP contribution in [0.3, 0.4) is 0 Å². The van der Waals surface area contributed by atoms with Crippen LogP contribution >= 0.6 is 11.8 Å². The number of benzene rings is 2. The number of halogens is 1. The van der Waals surface area contributed by atoms with E-state index >= 15 is 0 Å². The lowest BCUT2D eigenvalue weighted by Crippen LogP contribution is -2.28. The summed E-state index contributed by atoms with van der Waals surface area (Å²) in [6.07, 6.45) is 3.82. The molecule has 0 unspecified atom stereocenters. The Labute approximate surface area is 178 Å². The van der Waals surface area contributed by atoms with Crippen molar-refractivity contribution in [2.75, 3.05) is 13.7 Å². The van der Waals surface area contributed by atoms with Crippen LogP contribution < -0.4 is 4.74 Å². The summed E-state index contributed by atoms with van der Waals surface area (Å²) in [4.78, 5) is 19.7. The average Bonchev–Trinajstić information content (AvgIpc) is 3.34. The number of carbonyl (C=O) groups is 1. The van der Waals surface area contributed by atoms with Crippen molar-refractivity contribution in [2.45, 2.75) is 6.92 Å². The van der Waals surface area contributed by atoms with E-state index in [0.717, 1.165) is 17.1 Å². The van der Waals surface area contributed by atoms with Gasteiger partial charge in [0.05, 0.1) is 17.7 Å². The fourth-order valence-corrected chi connectivity index (χ4v) is 4.17. The third-order valence-corrected chi connectivity index (χ3v) is 5.67. The first-order chi connectivity index (χ1) is 14.6. The van der Waals surface area contributed by atoms with E-state index in [-0.39, 0.29) is 11.7 Å². The minimum absolute atomic E-state index is 0.0918. The number of amides is 1. The lowest BCUT2D eigenvalue weighted by molar-refractivity contribution is -0.122. The van der Waals surface area contributed by atoms with Gasteiger partial charge < -0.3 is 9.30 Å². The molecule has 2 aromatic carbocycles. The Morgan fingerprint density at radius 2 is 1.83 bits per heavy atom. The highest BCUT2D eigenvalue weighted by Gasteiger charge is 2.32. The highest BCUT2D eigenvalue weighted by molar-refractivity contribution is 8.18. The first kappa shape index (κ1) is 20.0. The number of amidine groups is 1. The molecule has 1 aliphatic heterocycles. The first-order valence-electron chi connectivity index (χ1n) is 9.46. The molecular formula is C23H20FN3O2S. The van der Waals surface area contributed by atoms with E-state index in [1.165, 1.54) is 23.9 Å². The van der Waals surface area contributed by atoms with Gasteiger partial charge in [-0.25, -0.2) is 9.38 Å². The molecule has 1 amide bonds. The lowest BCUT2D eigenvalue weighted by Gasteiger charge is -2.12. The quantitative estimate of drug-likeness (QED) is 0.529. The van der Waals surface area contributed by atoms with Gasteiger partial charge in [0, 0.05) is 24.1 Å². The van der Waals surface area contributed by atoms with Gasteiger partial charge in [-0.3, -0.25) is 9.69 Å². The van der Waals surface area contributed by atoms with Crippen molar-refractivity contribution < 1.29 is 13.9 Å². The summed E-state index contributed by atoms with van der Waals surface area (Å²) in [5.41, 5.74) is 2.46. The van der Waals surface area contributed by atoms with Crippen LogP contribution in [0.25, 0.3) is 11.8 Å². The minimum Gasteiger partial charge on any atom is -0.497 e. The van der Waals surface area contributed by atoms with Crippen LogP contribution in [0.1, 0.15) is 12.6 Å². The Morgan fingerprint density at radius 1 is 1.10 bits per heavy atom. The molecule has 1 aromatic heterocycles. The zero-order chi connectivity index (χ0) is 21.1. The SMILES string of the molecule is CCN1C(=O)/C(=C/c2cccn2-c2ccc(OC)cc2)SC1=Nc1ccc(F)cc1. The largest absolute Gasteiger partial charge is 0.497 e. The van der Waals surface area contributed by atoms with Crippen LogP contribution in [-0.2, 0) is 4.79 Å². The number of aliphatic imine (C=N–C) groups is 1. The molecule has 30 heavy (non-hydrogen) atoms. The number of methoxy groups -OCH3 is 1. The molecule has 0 aliphatic carbocycles. The van der Waals surface area contributed by atoms with Crippen molar-refractivity contribution in [1.82, 2.24) is 9.47 Å². The molecule has 0 atom stereocenters. The number of nitrogens with zero attached hydrogens (tertiary/aromatic N) is 3. The van der Waals surface area contributed by atoms with Crippen molar-refractivity contribution in [3.05, 3.63) is 83.3 Å². The molecule has 1 aliphatic rings. The summed E-state index contributed by atoms with van der Waals surface area (Å²) in [6, 6.07) is 17.5. The number of aromatic nitrogens is 1. The Hall–Kier alpha value is -3.32. The lowest BCUT2D eigenvalue weighted by atomic mass is 10.3. The van der Waals surface area contributed by atoms with E-state index < -0.39 is 0 Å². The molecule has 0 radical (unpaired) electrons. The molecule has 3 aromatic rings. The van der Waals surface area contributed by atoms with Gasteiger partial charge in [0.15, 0.2) is 5.17 Å². The maximum atomic E-state index is 13.2. The van der Waals surface area contributed by atoms with Crippen LogP contribution in [0.15, 0.2) is 76.8 Å². The van der Waals surface area contributed by atoms with E-state index in [9.17, 15) is 9.18 Å². The van der Waals surface area contributed by atoms with Crippen molar-refractivity contribution in [3.8, 4) is 11.4 Å². The molecular weight excluding hydrogens is 401 g/mol. The molecule has 152 valence electrons. The van der Waals surface area contributed by atoms with Crippen molar-refractivity contribution in [3.63, 3.8) is 0 Å². The predicted octanol–water partition coefficient (Wildman–Crippen LogP) is 5.25. The van der Waals surface area contributed by atoms with Crippen molar-refractivity contribution in [2.24, 2.45) is 4.99 Å². The molecule has 2 heterocycles. The second kappa shape index (κ2) is 8.59. The molecule has 4 rings (SSSR count). The van der Waals surface area contributed by atoms with E-state index in [2.05, 4.69) is 4.99 Å². The van der Waals surface area contributed by atoms with Crippen LogP contribution in [0.2, 0.25) is 0 Å².